The predicted octanol–water partition coefficient (Wildman–Crippen LogP) is 3.33. The van der Waals surface area contributed by atoms with Crippen molar-refractivity contribution in [2.45, 2.75) is 51.1 Å². The van der Waals surface area contributed by atoms with E-state index in [-0.39, 0.29) is 6.03 Å². The van der Waals surface area contributed by atoms with Gasteiger partial charge in [0.1, 0.15) is 0 Å². The minimum absolute atomic E-state index is 0.0601. The van der Waals surface area contributed by atoms with E-state index in [1.54, 1.807) is 0 Å². The Labute approximate surface area is 126 Å². The Morgan fingerprint density at radius 1 is 1.14 bits per heavy atom. The third kappa shape index (κ3) is 3.21. The van der Waals surface area contributed by atoms with Gasteiger partial charge in [-0.3, -0.25) is 0 Å². The maximum absolute atomic E-state index is 12.5. The number of likely N-dealkylation sites (tertiary alicyclic amines) is 1. The smallest absolute Gasteiger partial charge is 0.322 e. The molecule has 3 N–H and O–H groups in total. The molecule has 21 heavy (non-hydrogen) atoms. The van der Waals surface area contributed by atoms with Crippen LogP contribution < -0.4 is 11.1 Å². The first-order valence-corrected chi connectivity index (χ1v) is 8.14. The number of carbonyl (C=O) groups is 1. The second kappa shape index (κ2) is 6.48. The summed E-state index contributed by atoms with van der Waals surface area (Å²) in [7, 11) is 0. The van der Waals surface area contributed by atoms with E-state index in [1.165, 1.54) is 32.1 Å². The highest BCUT2D eigenvalue weighted by Crippen LogP contribution is 2.35. The molecule has 0 bridgehead atoms. The molecule has 1 saturated carbocycles. The SMILES string of the molecule is NCc1ccc(NC(=O)N2CCCC2C2CCCC2)cc1. The normalized spacial score (nSPS) is 22.7. The number of benzene rings is 1. The van der Waals surface area contributed by atoms with Crippen molar-refractivity contribution in [1.82, 2.24) is 4.90 Å². The van der Waals surface area contributed by atoms with Crippen molar-refractivity contribution in [3.05, 3.63) is 29.8 Å². The fourth-order valence-corrected chi connectivity index (χ4v) is 3.80. The molecule has 0 spiro atoms. The zero-order chi connectivity index (χ0) is 14.7. The summed E-state index contributed by atoms with van der Waals surface area (Å²) in [5, 5.41) is 3.03. The lowest BCUT2D eigenvalue weighted by Gasteiger charge is -2.29. The van der Waals surface area contributed by atoms with Crippen LogP contribution in [0.1, 0.15) is 44.1 Å². The summed E-state index contributed by atoms with van der Waals surface area (Å²) in [6.07, 6.45) is 7.55. The molecular formula is C17H25N3O. The maximum Gasteiger partial charge on any atom is 0.322 e. The van der Waals surface area contributed by atoms with Crippen LogP contribution in [-0.2, 0) is 6.54 Å². The Balaban J connectivity index is 1.63. The van der Waals surface area contributed by atoms with Crippen LogP contribution >= 0.6 is 0 Å². The van der Waals surface area contributed by atoms with Crippen LogP contribution in [0.2, 0.25) is 0 Å². The zero-order valence-electron chi connectivity index (χ0n) is 12.6. The molecule has 1 unspecified atom stereocenters. The first-order valence-electron chi connectivity index (χ1n) is 8.14. The van der Waals surface area contributed by atoms with Crippen molar-refractivity contribution < 1.29 is 4.79 Å². The third-order valence-corrected chi connectivity index (χ3v) is 4.94. The number of nitrogens with one attached hydrogen (secondary N) is 1. The monoisotopic (exact) mass is 287 g/mol. The lowest BCUT2D eigenvalue weighted by Crippen LogP contribution is -2.41. The molecule has 2 fully saturated rings. The van der Waals surface area contributed by atoms with Gasteiger partial charge in [0.15, 0.2) is 0 Å². The van der Waals surface area contributed by atoms with Crippen LogP contribution in [0.5, 0.6) is 0 Å². The first-order chi connectivity index (χ1) is 10.3. The largest absolute Gasteiger partial charge is 0.326 e. The van der Waals surface area contributed by atoms with E-state index in [2.05, 4.69) is 10.2 Å². The number of nitrogens with two attached hydrogens (primary N) is 1. The number of carbonyl (C=O) groups excluding carboxylic acids is 1. The highest BCUT2D eigenvalue weighted by Gasteiger charge is 2.35. The lowest BCUT2D eigenvalue weighted by molar-refractivity contribution is 0.185. The minimum Gasteiger partial charge on any atom is -0.326 e. The first kappa shape index (κ1) is 14.4. The number of nitrogens with zero attached hydrogens (tertiary/aromatic N) is 1. The van der Waals surface area contributed by atoms with Gasteiger partial charge in [-0.15, -0.1) is 0 Å². The van der Waals surface area contributed by atoms with Gasteiger partial charge >= 0.3 is 6.03 Å². The van der Waals surface area contributed by atoms with E-state index < -0.39 is 0 Å². The van der Waals surface area contributed by atoms with E-state index in [0.717, 1.165) is 30.1 Å². The van der Waals surface area contributed by atoms with E-state index in [4.69, 9.17) is 5.73 Å². The summed E-state index contributed by atoms with van der Waals surface area (Å²) in [4.78, 5) is 14.6. The lowest BCUT2D eigenvalue weighted by atomic mass is 9.96. The number of rotatable bonds is 3. The summed E-state index contributed by atoms with van der Waals surface area (Å²) < 4.78 is 0. The molecule has 1 aliphatic carbocycles. The predicted molar refractivity (Wildman–Crippen MR) is 85.0 cm³/mol. The molecule has 1 saturated heterocycles. The molecule has 2 amide bonds. The molecule has 4 heteroatoms. The van der Waals surface area contributed by atoms with Gasteiger partial charge in [0.25, 0.3) is 0 Å². The van der Waals surface area contributed by atoms with Crippen molar-refractivity contribution in [3.63, 3.8) is 0 Å². The average Bonchev–Trinajstić information content (AvgIpc) is 3.18. The summed E-state index contributed by atoms with van der Waals surface area (Å²) >= 11 is 0. The summed E-state index contributed by atoms with van der Waals surface area (Å²) in [6, 6.07) is 8.31. The molecular weight excluding hydrogens is 262 g/mol. The molecule has 114 valence electrons. The Bertz CT molecular complexity index is 479. The van der Waals surface area contributed by atoms with Crippen molar-refractivity contribution in [3.8, 4) is 0 Å². The van der Waals surface area contributed by atoms with Gasteiger partial charge in [0.05, 0.1) is 0 Å². The van der Waals surface area contributed by atoms with Crippen LogP contribution in [0.4, 0.5) is 10.5 Å². The molecule has 0 aromatic heterocycles. The second-order valence-corrected chi connectivity index (χ2v) is 6.28. The molecule has 1 aromatic rings. The second-order valence-electron chi connectivity index (χ2n) is 6.28. The highest BCUT2D eigenvalue weighted by atomic mass is 16.2. The molecule has 1 heterocycles. The van der Waals surface area contributed by atoms with Crippen molar-refractivity contribution >= 4 is 11.7 Å². The number of anilines is 1. The number of urea groups is 1. The molecule has 4 nitrogen and oxygen atoms in total. The van der Waals surface area contributed by atoms with Gasteiger partial charge < -0.3 is 16.0 Å². The summed E-state index contributed by atoms with van der Waals surface area (Å²) in [6.45, 7) is 1.43. The fraction of sp³-hybridized carbons (Fsp3) is 0.588. The molecule has 3 rings (SSSR count). The molecule has 2 aliphatic rings. The summed E-state index contributed by atoms with van der Waals surface area (Å²) in [5.41, 5.74) is 7.53. The van der Waals surface area contributed by atoms with Crippen LogP contribution in [0.15, 0.2) is 24.3 Å². The van der Waals surface area contributed by atoms with Gasteiger partial charge in [-0.2, -0.15) is 0 Å². The number of hydrogen-bond acceptors (Lipinski definition) is 2. The average molecular weight is 287 g/mol. The molecule has 0 radical (unpaired) electrons. The van der Waals surface area contributed by atoms with E-state index >= 15 is 0 Å². The maximum atomic E-state index is 12.5. The van der Waals surface area contributed by atoms with Gasteiger partial charge in [0.2, 0.25) is 0 Å². The van der Waals surface area contributed by atoms with Crippen molar-refractivity contribution in [2.75, 3.05) is 11.9 Å². The van der Waals surface area contributed by atoms with Crippen LogP contribution in [0, 0.1) is 5.92 Å². The Morgan fingerprint density at radius 2 is 1.86 bits per heavy atom. The van der Waals surface area contributed by atoms with Crippen LogP contribution in [0.3, 0.4) is 0 Å². The fourth-order valence-electron chi connectivity index (χ4n) is 3.80. The van der Waals surface area contributed by atoms with E-state index in [9.17, 15) is 4.79 Å². The Morgan fingerprint density at radius 3 is 2.52 bits per heavy atom. The zero-order valence-corrected chi connectivity index (χ0v) is 12.6. The van der Waals surface area contributed by atoms with E-state index in [1.807, 2.05) is 24.3 Å². The van der Waals surface area contributed by atoms with E-state index in [0.29, 0.717) is 12.6 Å². The van der Waals surface area contributed by atoms with Crippen LogP contribution in [-0.4, -0.2) is 23.5 Å². The van der Waals surface area contributed by atoms with Crippen molar-refractivity contribution in [2.24, 2.45) is 11.7 Å². The molecule has 1 atom stereocenters. The van der Waals surface area contributed by atoms with Crippen molar-refractivity contribution in [1.29, 1.82) is 0 Å². The topological polar surface area (TPSA) is 58.4 Å². The van der Waals surface area contributed by atoms with Gasteiger partial charge in [-0.1, -0.05) is 25.0 Å². The van der Waals surface area contributed by atoms with Crippen LogP contribution in [0.25, 0.3) is 0 Å². The Kier molecular flexibility index (Phi) is 4.44. The quantitative estimate of drug-likeness (QED) is 0.896. The Hall–Kier alpha value is -1.55. The minimum atomic E-state index is 0.0601. The number of amides is 2. The number of hydrogen-bond donors (Lipinski definition) is 2. The molecule has 1 aromatic carbocycles. The third-order valence-electron chi connectivity index (χ3n) is 4.94. The summed E-state index contributed by atoms with van der Waals surface area (Å²) in [5.74, 6) is 0.720. The molecule has 1 aliphatic heterocycles. The standard InChI is InChI=1S/C17H25N3O/c18-12-13-7-9-15(10-8-13)19-17(21)20-11-3-6-16(20)14-4-1-2-5-14/h7-10,14,16H,1-6,11-12,18H2,(H,19,21). The highest BCUT2D eigenvalue weighted by molar-refractivity contribution is 5.89. The van der Waals surface area contributed by atoms with Gasteiger partial charge in [-0.25, -0.2) is 4.79 Å². The van der Waals surface area contributed by atoms with Gasteiger partial charge in [-0.05, 0) is 49.3 Å². The van der Waals surface area contributed by atoms with Gasteiger partial charge in [0, 0.05) is 24.8 Å².